The molecule has 73 valence electrons. The van der Waals surface area contributed by atoms with Gasteiger partial charge in [-0.15, -0.1) is 0 Å². The van der Waals surface area contributed by atoms with E-state index in [-0.39, 0.29) is 12.5 Å². The average molecular weight is 189 g/mol. The summed E-state index contributed by atoms with van der Waals surface area (Å²) in [6, 6.07) is 7.95. The number of nitrogens with zero attached hydrogens (tertiary/aromatic N) is 1. The van der Waals surface area contributed by atoms with Crippen LogP contribution < -0.4 is 10.6 Å². The number of carbonyl (C=O) groups is 1. The molecule has 1 aromatic rings. The summed E-state index contributed by atoms with van der Waals surface area (Å²) in [6.07, 6.45) is 2.04. The largest absolute Gasteiger partial charge is 0.311 e. The van der Waals surface area contributed by atoms with Crippen LogP contribution in [0, 0.1) is 0 Å². The minimum Gasteiger partial charge on any atom is -0.311 e. The standard InChI is InChI=1S/C11H13N2O/c12-8-11(14)13-7-3-5-9-4-1-2-6-10(9)13/h1-2,4,6,12H,3,5,7-8H2. The first-order valence-corrected chi connectivity index (χ1v) is 4.86. The minimum absolute atomic E-state index is 0.0999. The molecule has 0 aromatic heterocycles. The fourth-order valence-electron chi connectivity index (χ4n) is 1.89. The number of para-hydroxylation sites is 1. The van der Waals surface area contributed by atoms with Gasteiger partial charge in [-0.2, -0.15) is 0 Å². The highest BCUT2D eigenvalue weighted by atomic mass is 16.2. The summed E-state index contributed by atoms with van der Waals surface area (Å²) in [5.41, 5.74) is 9.31. The van der Waals surface area contributed by atoms with Crippen LogP contribution >= 0.6 is 0 Å². The summed E-state index contributed by atoms with van der Waals surface area (Å²) in [5, 5.41) is 0. The Morgan fingerprint density at radius 3 is 3.00 bits per heavy atom. The van der Waals surface area contributed by atoms with Gasteiger partial charge in [-0.05, 0) is 24.5 Å². The number of benzene rings is 1. The monoisotopic (exact) mass is 189 g/mol. The van der Waals surface area contributed by atoms with E-state index in [9.17, 15) is 4.79 Å². The topological polar surface area (TPSA) is 44.1 Å². The summed E-state index contributed by atoms with van der Waals surface area (Å²) >= 11 is 0. The van der Waals surface area contributed by atoms with Crippen LogP contribution in [0.15, 0.2) is 24.3 Å². The predicted octanol–water partition coefficient (Wildman–Crippen LogP) is 1.25. The lowest BCUT2D eigenvalue weighted by Gasteiger charge is -2.28. The molecule has 3 heteroatoms. The second-order valence-electron chi connectivity index (χ2n) is 3.45. The van der Waals surface area contributed by atoms with Gasteiger partial charge in [0.1, 0.15) is 0 Å². The maximum Gasteiger partial charge on any atom is 0.242 e. The Bertz CT molecular complexity index is 349. The smallest absolute Gasteiger partial charge is 0.242 e. The highest BCUT2D eigenvalue weighted by molar-refractivity contribution is 5.95. The van der Waals surface area contributed by atoms with Crippen LogP contribution in [0.1, 0.15) is 12.0 Å². The lowest BCUT2D eigenvalue weighted by atomic mass is 10.0. The van der Waals surface area contributed by atoms with Crippen molar-refractivity contribution in [3.8, 4) is 0 Å². The molecule has 1 amide bonds. The first kappa shape index (κ1) is 9.21. The Balaban J connectivity index is 2.35. The first-order chi connectivity index (χ1) is 6.83. The normalized spacial score (nSPS) is 15.1. The van der Waals surface area contributed by atoms with Crippen molar-refractivity contribution >= 4 is 11.6 Å². The molecule has 1 aliphatic heterocycles. The van der Waals surface area contributed by atoms with Gasteiger partial charge in [0.15, 0.2) is 0 Å². The van der Waals surface area contributed by atoms with Crippen molar-refractivity contribution in [1.29, 1.82) is 0 Å². The summed E-state index contributed by atoms with van der Waals surface area (Å²) in [4.78, 5) is 13.2. The van der Waals surface area contributed by atoms with Crippen LogP contribution in [0.4, 0.5) is 5.69 Å². The van der Waals surface area contributed by atoms with E-state index < -0.39 is 0 Å². The zero-order valence-electron chi connectivity index (χ0n) is 7.99. The summed E-state index contributed by atoms with van der Waals surface area (Å²) in [6.45, 7) is 0.600. The van der Waals surface area contributed by atoms with Gasteiger partial charge in [0.25, 0.3) is 0 Å². The molecular weight excluding hydrogens is 176 g/mol. The number of aryl methyl sites for hydroxylation is 1. The molecule has 1 N–H and O–H groups in total. The molecule has 3 nitrogen and oxygen atoms in total. The van der Waals surface area contributed by atoms with E-state index in [0.29, 0.717) is 0 Å². The van der Waals surface area contributed by atoms with E-state index in [2.05, 4.69) is 6.07 Å². The maximum absolute atomic E-state index is 11.5. The Morgan fingerprint density at radius 2 is 2.21 bits per heavy atom. The van der Waals surface area contributed by atoms with Gasteiger partial charge in [-0.1, -0.05) is 18.2 Å². The zero-order valence-corrected chi connectivity index (χ0v) is 7.99. The summed E-state index contributed by atoms with van der Waals surface area (Å²) in [5.74, 6) is -0.0999. The van der Waals surface area contributed by atoms with Gasteiger partial charge in [0.05, 0.1) is 6.54 Å². The molecule has 0 unspecified atom stereocenters. The van der Waals surface area contributed by atoms with Gasteiger partial charge in [0, 0.05) is 12.2 Å². The highest BCUT2D eigenvalue weighted by Crippen LogP contribution is 2.26. The molecule has 0 saturated carbocycles. The van der Waals surface area contributed by atoms with Crippen LogP contribution in [0.25, 0.3) is 0 Å². The second-order valence-corrected chi connectivity index (χ2v) is 3.45. The fourth-order valence-corrected chi connectivity index (χ4v) is 1.89. The lowest BCUT2D eigenvalue weighted by molar-refractivity contribution is -0.117. The van der Waals surface area contributed by atoms with Crippen LogP contribution in [-0.2, 0) is 11.2 Å². The minimum atomic E-state index is -0.158. The number of fused-ring (bicyclic) bond motifs is 1. The molecule has 1 aromatic carbocycles. The molecule has 14 heavy (non-hydrogen) atoms. The van der Waals surface area contributed by atoms with E-state index in [4.69, 9.17) is 5.73 Å². The molecule has 0 bridgehead atoms. The maximum atomic E-state index is 11.5. The van der Waals surface area contributed by atoms with E-state index in [1.165, 1.54) is 5.56 Å². The number of hydrogen-bond acceptors (Lipinski definition) is 1. The molecule has 0 spiro atoms. The molecule has 1 radical (unpaired) electrons. The molecule has 0 atom stereocenters. The van der Waals surface area contributed by atoms with Crippen molar-refractivity contribution in [2.45, 2.75) is 12.8 Å². The van der Waals surface area contributed by atoms with Crippen molar-refractivity contribution in [3.63, 3.8) is 0 Å². The van der Waals surface area contributed by atoms with Crippen molar-refractivity contribution in [1.82, 2.24) is 5.73 Å². The molecule has 0 saturated heterocycles. The lowest BCUT2D eigenvalue weighted by Crippen LogP contribution is -2.37. The Morgan fingerprint density at radius 1 is 1.43 bits per heavy atom. The van der Waals surface area contributed by atoms with Crippen molar-refractivity contribution < 1.29 is 4.79 Å². The predicted molar refractivity (Wildman–Crippen MR) is 55.1 cm³/mol. The van der Waals surface area contributed by atoms with Crippen molar-refractivity contribution in [3.05, 3.63) is 29.8 Å². The second kappa shape index (κ2) is 3.80. The molecular formula is C11H13N2O. The summed E-state index contributed by atoms with van der Waals surface area (Å²) < 4.78 is 0. The number of nitrogens with one attached hydrogen (secondary N) is 1. The number of amides is 1. The quantitative estimate of drug-likeness (QED) is 0.655. The van der Waals surface area contributed by atoms with E-state index >= 15 is 0 Å². The number of anilines is 1. The summed E-state index contributed by atoms with van der Waals surface area (Å²) in [7, 11) is 0. The van der Waals surface area contributed by atoms with E-state index in [1.807, 2.05) is 18.2 Å². The molecule has 1 aliphatic rings. The van der Waals surface area contributed by atoms with Gasteiger partial charge in [-0.3, -0.25) is 4.79 Å². The Kier molecular flexibility index (Phi) is 2.50. The van der Waals surface area contributed by atoms with Gasteiger partial charge in [0.2, 0.25) is 5.91 Å². The van der Waals surface area contributed by atoms with Crippen LogP contribution in [-0.4, -0.2) is 19.0 Å². The van der Waals surface area contributed by atoms with Crippen molar-refractivity contribution in [2.75, 3.05) is 18.0 Å². The van der Waals surface area contributed by atoms with Crippen LogP contribution in [0.3, 0.4) is 0 Å². The fraction of sp³-hybridized carbons (Fsp3) is 0.364. The van der Waals surface area contributed by atoms with Crippen LogP contribution in [0.2, 0.25) is 0 Å². The van der Waals surface area contributed by atoms with Gasteiger partial charge in [-0.25, -0.2) is 5.73 Å². The van der Waals surface area contributed by atoms with Crippen molar-refractivity contribution in [2.24, 2.45) is 0 Å². The Labute approximate surface area is 83.5 Å². The Hall–Kier alpha value is -1.35. The number of hydrogen-bond donors (Lipinski definition) is 0. The third kappa shape index (κ3) is 1.51. The number of carbonyl (C=O) groups excluding carboxylic acids is 1. The zero-order chi connectivity index (χ0) is 9.97. The molecule has 2 rings (SSSR count). The van der Waals surface area contributed by atoms with E-state index in [0.717, 1.165) is 25.1 Å². The third-order valence-corrected chi connectivity index (χ3v) is 2.56. The first-order valence-electron chi connectivity index (χ1n) is 4.86. The number of rotatable bonds is 1. The molecule has 0 fully saturated rings. The SMILES string of the molecule is [NH]CC(=O)N1CCCc2ccccc21. The molecule has 1 heterocycles. The molecule has 0 aliphatic carbocycles. The van der Waals surface area contributed by atoms with Crippen LogP contribution in [0.5, 0.6) is 0 Å². The highest BCUT2D eigenvalue weighted by Gasteiger charge is 2.20. The van der Waals surface area contributed by atoms with Gasteiger partial charge >= 0.3 is 0 Å². The van der Waals surface area contributed by atoms with E-state index in [1.54, 1.807) is 4.90 Å². The third-order valence-electron chi connectivity index (χ3n) is 2.56. The van der Waals surface area contributed by atoms with Gasteiger partial charge < -0.3 is 4.90 Å². The average Bonchev–Trinajstić information content (AvgIpc) is 2.27.